The van der Waals surface area contributed by atoms with E-state index in [1.54, 1.807) is 6.20 Å². The van der Waals surface area contributed by atoms with Crippen LogP contribution in [-0.4, -0.2) is 37.8 Å². The fourth-order valence-corrected chi connectivity index (χ4v) is 4.79. The minimum atomic E-state index is -0.599. The summed E-state index contributed by atoms with van der Waals surface area (Å²) >= 11 is 0. The Bertz CT molecular complexity index is 1010. The van der Waals surface area contributed by atoms with Gasteiger partial charge < -0.3 is 15.6 Å². The zero-order chi connectivity index (χ0) is 20.0. The zero-order valence-corrected chi connectivity index (χ0v) is 16.8. The lowest BCUT2D eigenvalue weighted by molar-refractivity contribution is -0.0335. The van der Waals surface area contributed by atoms with Crippen LogP contribution in [-0.2, 0) is 11.2 Å². The van der Waals surface area contributed by atoms with Gasteiger partial charge in [0.05, 0.1) is 11.7 Å². The number of hydrogen-bond acceptors (Lipinski definition) is 5. The summed E-state index contributed by atoms with van der Waals surface area (Å²) in [4.78, 5) is 9.24. The first-order chi connectivity index (χ1) is 14.0. The van der Waals surface area contributed by atoms with Gasteiger partial charge in [-0.3, -0.25) is 4.40 Å². The number of ether oxygens (including phenoxy) is 1. The molecule has 2 aromatic heterocycles. The van der Waals surface area contributed by atoms with E-state index in [1.807, 2.05) is 17.5 Å². The van der Waals surface area contributed by atoms with Crippen molar-refractivity contribution in [1.82, 2.24) is 14.4 Å². The third kappa shape index (κ3) is 3.51. The van der Waals surface area contributed by atoms with Crippen LogP contribution in [0.15, 0.2) is 36.7 Å². The number of fused-ring (bicyclic) bond motifs is 1. The van der Waals surface area contributed by atoms with Gasteiger partial charge in [0.15, 0.2) is 0 Å². The van der Waals surface area contributed by atoms with Crippen molar-refractivity contribution >= 4 is 11.3 Å². The van der Waals surface area contributed by atoms with Crippen molar-refractivity contribution in [2.45, 2.75) is 63.1 Å². The predicted octanol–water partition coefficient (Wildman–Crippen LogP) is 3.72. The number of imidazole rings is 1. The van der Waals surface area contributed by atoms with E-state index in [0.717, 1.165) is 42.0 Å². The molecular weight excluding hydrogens is 364 g/mol. The van der Waals surface area contributed by atoms with Gasteiger partial charge in [-0.25, -0.2) is 9.97 Å². The molecule has 0 spiro atoms. The molecule has 5 rings (SSSR count). The Balaban J connectivity index is 1.46. The molecule has 1 aliphatic heterocycles. The van der Waals surface area contributed by atoms with Crippen molar-refractivity contribution in [1.29, 1.82) is 0 Å². The lowest BCUT2D eigenvalue weighted by Gasteiger charge is -2.40. The molecule has 6 nitrogen and oxygen atoms in total. The number of hydrogen-bond donors (Lipinski definition) is 2. The molecule has 1 aromatic carbocycles. The Morgan fingerprint density at radius 2 is 2.03 bits per heavy atom. The highest BCUT2D eigenvalue weighted by molar-refractivity contribution is 5.85. The monoisotopic (exact) mass is 392 g/mol. The van der Waals surface area contributed by atoms with E-state index in [4.69, 9.17) is 15.5 Å². The summed E-state index contributed by atoms with van der Waals surface area (Å²) < 4.78 is 7.92. The summed E-state index contributed by atoms with van der Waals surface area (Å²) in [6.45, 7) is 2.76. The molecule has 2 aliphatic rings. The Morgan fingerprint density at radius 1 is 1.24 bits per heavy atom. The Morgan fingerprint density at radius 3 is 2.72 bits per heavy atom. The third-order valence-corrected chi connectivity index (χ3v) is 6.31. The first-order valence-electron chi connectivity index (χ1n) is 10.6. The highest BCUT2D eigenvalue weighted by Crippen LogP contribution is 2.45. The first-order valence-corrected chi connectivity index (χ1v) is 10.6. The number of anilines is 1. The molecule has 152 valence electrons. The third-order valence-electron chi connectivity index (χ3n) is 6.31. The fourth-order valence-electron chi connectivity index (χ4n) is 4.79. The van der Waals surface area contributed by atoms with Crippen LogP contribution in [0, 0.1) is 0 Å². The van der Waals surface area contributed by atoms with Gasteiger partial charge >= 0.3 is 0 Å². The number of aliphatic hydroxyl groups is 1. The van der Waals surface area contributed by atoms with E-state index < -0.39 is 5.60 Å². The van der Waals surface area contributed by atoms with Crippen molar-refractivity contribution in [3.8, 4) is 11.3 Å². The molecule has 3 N–H and O–H groups in total. The van der Waals surface area contributed by atoms with Crippen molar-refractivity contribution in [2.24, 2.45) is 0 Å². The van der Waals surface area contributed by atoms with Gasteiger partial charge in [0.25, 0.3) is 0 Å². The van der Waals surface area contributed by atoms with E-state index in [-0.39, 0.29) is 5.92 Å². The molecule has 0 radical (unpaired) electrons. The van der Waals surface area contributed by atoms with Gasteiger partial charge in [-0.1, -0.05) is 24.3 Å². The minimum absolute atomic E-state index is 0.232. The number of aromatic nitrogens is 3. The lowest BCUT2D eigenvalue weighted by Crippen LogP contribution is -2.40. The van der Waals surface area contributed by atoms with E-state index in [0.29, 0.717) is 24.8 Å². The van der Waals surface area contributed by atoms with Crippen LogP contribution in [0.5, 0.6) is 0 Å². The summed E-state index contributed by atoms with van der Waals surface area (Å²) in [7, 11) is 0. The smallest absolute Gasteiger partial charge is 0.150 e. The standard InChI is InChI=1S/C23H28N4O2/c1-23(28)13-17(14-23)22-26-19(20-21(24)25-9-10-27(20)22)16-7-5-15(6-8-16)12-18-4-2-3-11-29-18/h5-10,17-18,28H,2-4,11-14H2,1H3,(H2,24,25). The molecule has 0 amide bonds. The van der Waals surface area contributed by atoms with Crippen molar-refractivity contribution in [2.75, 3.05) is 12.3 Å². The zero-order valence-electron chi connectivity index (χ0n) is 16.8. The molecule has 3 aromatic rings. The van der Waals surface area contributed by atoms with Crippen LogP contribution in [0.4, 0.5) is 5.82 Å². The maximum Gasteiger partial charge on any atom is 0.150 e. The second kappa shape index (κ2) is 7.11. The molecule has 1 atom stereocenters. The van der Waals surface area contributed by atoms with Gasteiger partial charge in [0, 0.05) is 30.5 Å². The average molecular weight is 393 g/mol. The second-order valence-corrected chi connectivity index (χ2v) is 8.84. The highest BCUT2D eigenvalue weighted by Gasteiger charge is 2.41. The van der Waals surface area contributed by atoms with Gasteiger partial charge in [0.2, 0.25) is 0 Å². The first kappa shape index (κ1) is 18.6. The molecule has 1 saturated heterocycles. The van der Waals surface area contributed by atoms with E-state index >= 15 is 0 Å². The Hall–Kier alpha value is -2.44. The van der Waals surface area contributed by atoms with Gasteiger partial charge in [0.1, 0.15) is 22.9 Å². The molecule has 1 unspecified atom stereocenters. The van der Waals surface area contributed by atoms with E-state index in [1.165, 1.54) is 18.4 Å². The Labute approximate surface area is 170 Å². The van der Waals surface area contributed by atoms with Gasteiger partial charge in [-0.05, 0) is 51.0 Å². The van der Waals surface area contributed by atoms with E-state index in [2.05, 4.69) is 29.2 Å². The van der Waals surface area contributed by atoms with Crippen LogP contribution >= 0.6 is 0 Å². The molecule has 2 fully saturated rings. The highest BCUT2D eigenvalue weighted by atomic mass is 16.5. The maximum atomic E-state index is 10.2. The van der Waals surface area contributed by atoms with Crippen molar-refractivity contribution in [3.05, 3.63) is 48.0 Å². The average Bonchev–Trinajstić information content (AvgIpc) is 3.08. The molecule has 1 saturated carbocycles. The van der Waals surface area contributed by atoms with Crippen LogP contribution in [0.3, 0.4) is 0 Å². The predicted molar refractivity (Wildman–Crippen MR) is 113 cm³/mol. The van der Waals surface area contributed by atoms with Crippen LogP contribution in [0.1, 0.15) is 56.3 Å². The largest absolute Gasteiger partial charge is 0.390 e. The van der Waals surface area contributed by atoms with Gasteiger partial charge in [-0.15, -0.1) is 0 Å². The number of benzene rings is 1. The molecular formula is C23H28N4O2. The number of rotatable bonds is 4. The summed E-state index contributed by atoms with van der Waals surface area (Å²) in [5, 5.41) is 10.2. The number of nitrogens with two attached hydrogens (primary N) is 1. The van der Waals surface area contributed by atoms with E-state index in [9.17, 15) is 5.11 Å². The lowest BCUT2D eigenvalue weighted by atomic mass is 9.72. The quantitative estimate of drug-likeness (QED) is 0.707. The molecule has 3 heterocycles. The fraction of sp³-hybridized carbons (Fsp3) is 0.478. The maximum absolute atomic E-state index is 10.2. The molecule has 1 aliphatic carbocycles. The summed E-state index contributed by atoms with van der Waals surface area (Å²) in [5.41, 5.74) is 9.66. The topological polar surface area (TPSA) is 85.7 Å². The summed E-state index contributed by atoms with van der Waals surface area (Å²) in [6, 6.07) is 8.57. The second-order valence-electron chi connectivity index (χ2n) is 8.84. The number of nitrogen functional groups attached to an aromatic ring is 1. The number of nitrogens with zero attached hydrogens (tertiary/aromatic N) is 3. The molecule has 6 heteroatoms. The molecule has 29 heavy (non-hydrogen) atoms. The SMILES string of the molecule is CC1(O)CC(c2nc(-c3ccc(CC4CCCCO4)cc3)c3c(N)nccn23)C1. The van der Waals surface area contributed by atoms with Crippen LogP contribution in [0.25, 0.3) is 16.8 Å². The van der Waals surface area contributed by atoms with Crippen molar-refractivity contribution < 1.29 is 9.84 Å². The van der Waals surface area contributed by atoms with Crippen molar-refractivity contribution in [3.63, 3.8) is 0 Å². The summed E-state index contributed by atoms with van der Waals surface area (Å²) in [6.07, 6.45) is 9.92. The van der Waals surface area contributed by atoms with Crippen LogP contribution in [0.2, 0.25) is 0 Å². The summed E-state index contributed by atoms with van der Waals surface area (Å²) in [5.74, 6) is 1.66. The minimum Gasteiger partial charge on any atom is -0.390 e. The normalized spacial score (nSPS) is 27.1. The molecule has 0 bridgehead atoms. The van der Waals surface area contributed by atoms with Gasteiger partial charge in [-0.2, -0.15) is 0 Å². The van der Waals surface area contributed by atoms with Crippen LogP contribution < -0.4 is 5.73 Å². The Kier molecular flexibility index (Phi) is 4.56.